The Morgan fingerprint density at radius 1 is 1.26 bits per heavy atom. The zero-order valence-electron chi connectivity index (χ0n) is 20.5. The van der Waals surface area contributed by atoms with Crippen LogP contribution in [0, 0.1) is 0 Å². The number of amides is 1. The lowest BCUT2D eigenvalue weighted by Crippen LogP contribution is -2.26. The lowest BCUT2D eigenvalue weighted by molar-refractivity contribution is -0.127. The molecule has 7 nitrogen and oxygen atoms in total. The van der Waals surface area contributed by atoms with E-state index in [2.05, 4.69) is 6.58 Å². The van der Waals surface area contributed by atoms with Gasteiger partial charge in [-0.1, -0.05) is 50.3 Å². The van der Waals surface area contributed by atoms with Crippen LogP contribution >= 0.6 is 11.6 Å². The van der Waals surface area contributed by atoms with E-state index in [9.17, 15) is 15.0 Å². The Bertz CT molecular complexity index is 1020. The molecule has 35 heavy (non-hydrogen) atoms. The monoisotopic (exact) mass is 502 g/mol. The Kier molecular flexibility index (Phi) is 9.81. The number of hydrogen-bond donors (Lipinski definition) is 2. The Labute approximate surface area is 212 Å². The molecule has 1 aromatic rings. The SMILES string of the molecule is C=C1OCCC2OC2/C=C\C=C\C(=NCCCN2CCCC2=O)Cc2c(Cl)c(O)cc(O)c21.CC. The first-order valence-corrected chi connectivity index (χ1v) is 12.7. The number of carbonyl (C=O) groups is 1. The van der Waals surface area contributed by atoms with Crippen LogP contribution in [0.3, 0.4) is 0 Å². The van der Waals surface area contributed by atoms with Crippen molar-refractivity contribution in [3.63, 3.8) is 0 Å². The summed E-state index contributed by atoms with van der Waals surface area (Å²) in [6.07, 6.45) is 11.1. The van der Waals surface area contributed by atoms with Gasteiger partial charge in [-0.25, -0.2) is 0 Å². The highest BCUT2D eigenvalue weighted by atomic mass is 35.5. The number of phenols is 2. The molecule has 0 aliphatic carbocycles. The quantitative estimate of drug-likeness (QED) is 0.444. The van der Waals surface area contributed by atoms with E-state index in [1.165, 1.54) is 6.07 Å². The van der Waals surface area contributed by atoms with E-state index in [-0.39, 0.29) is 46.8 Å². The summed E-state index contributed by atoms with van der Waals surface area (Å²) in [6, 6.07) is 1.20. The van der Waals surface area contributed by atoms with Gasteiger partial charge >= 0.3 is 0 Å². The minimum absolute atomic E-state index is 0.0694. The Hall–Kier alpha value is -2.77. The van der Waals surface area contributed by atoms with Gasteiger partial charge in [0.2, 0.25) is 5.91 Å². The van der Waals surface area contributed by atoms with E-state index in [0.717, 1.165) is 25.1 Å². The molecule has 2 atom stereocenters. The first kappa shape index (κ1) is 26.8. The highest BCUT2D eigenvalue weighted by molar-refractivity contribution is 6.33. The van der Waals surface area contributed by atoms with Gasteiger partial charge in [0.05, 0.1) is 23.3 Å². The number of carbonyl (C=O) groups excluding carboxylic acids is 1. The molecule has 0 saturated carbocycles. The first-order chi connectivity index (χ1) is 16.9. The number of aromatic hydroxyl groups is 2. The summed E-state index contributed by atoms with van der Waals surface area (Å²) < 4.78 is 11.4. The normalized spacial score (nSPS) is 25.0. The van der Waals surface area contributed by atoms with Crippen molar-refractivity contribution < 1.29 is 24.5 Å². The molecule has 1 amide bonds. The second kappa shape index (κ2) is 12.8. The van der Waals surface area contributed by atoms with Crippen LogP contribution in [-0.4, -0.2) is 65.2 Å². The maximum absolute atomic E-state index is 11.8. The van der Waals surface area contributed by atoms with Gasteiger partial charge in [0.25, 0.3) is 0 Å². The molecule has 1 aromatic carbocycles. The molecule has 8 heteroatoms. The van der Waals surface area contributed by atoms with Gasteiger partial charge in [0.15, 0.2) is 0 Å². The summed E-state index contributed by atoms with van der Waals surface area (Å²) in [7, 11) is 0. The number of epoxide rings is 1. The van der Waals surface area contributed by atoms with Crippen LogP contribution in [-0.2, 0) is 20.7 Å². The number of halogens is 1. The molecule has 3 heterocycles. The molecule has 0 radical (unpaired) electrons. The van der Waals surface area contributed by atoms with Gasteiger partial charge in [-0.15, -0.1) is 0 Å². The van der Waals surface area contributed by atoms with Crippen molar-refractivity contribution in [3.8, 4) is 11.5 Å². The molecule has 3 aliphatic rings. The van der Waals surface area contributed by atoms with Crippen molar-refractivity contribution in [2.75, 3.05) is 26.2 Å². The van der Waals surface area contributed by atoms with Gasteiger partial charge in [0.1, 0.15) is 23.4 Å². The predicted molar refractivity (Wildman–Crippen MR) is 139 cm³/mol. The van der Waals surface area contributed by atoms with Gasteiger partial charge in [-0.3, -0.25) is 9.79 Å². The molecule has 4 rings (SSSR count). The highest BCUT2D eigenvalue weighted by Gasteiger charge is 2.36. The number of ether oxygens (including phenoxy) is 2. The third kappa shape index (κ3) is 7.12. The molecule has 2 N–H and O–H groups in total. The van der Waals surface area contributed by atoms with Crippen molar-refractivity contribution in [1.29, 1.82) is 0 Å². The lowest BCUT2D eigenvalue weighted by Gasteiger charge is -2.18. The summed E-state index contributed by atoms with van der Waals surface area (Å²) in [5.41, 5.74) is 1.58. The second-order valence-electron chi connectivity index (χ2n) is 8.41. The van der Waals surface area contributed by atoms with Crippen molar-refractivity contribution in [2.24, 2.45) is 4.99 Å². The maximum atomic E-state index is 11.8. The fourth-order valence-electron chi connectivity index (χ4n) is 4.20. The van der Waals surface area contributed by atoms with Gasteiger partial charge in [-0.2, -0.15) is 0 Å². The van der Waals surface area contributed by atoms with E-state index in [4.69, 9.17) is 26.1 Å². The summed E-state index contributed by atoms with van der Waals surface area (Å²) >= 11 is 6.44. The van der Waals surface area contributed by atoms with Gasteiger partial charge in [-0.05, 0) is 24.5 Å². The lowest BCUT2D eigenvalue weighted by atomic mass is 9.98. The van der Waals surface area contributed by atoms with Crippen LogP contribution in [0.1, 0.15) is 50.7 Å². The molecular formula is C27H35ClN2O5. The van der Waals surface area contributed by atoms with E-state index in [0.29, 0.717) is 43.7 Å². The average molecular weight is 503 g/mol. The Balaban J connectivity index is 0.00000167. The number of fused-ring (bicyclic) bond motifs is 2. The standard InChI is InChI=1S/C25H29ClN2O5.C2H6/c1-16-24-18(25(26)20(30)15-19(24)29)14-17(27-10-5-12-28-11-4-8-23(28)31)6-2-3-7-21-22(33-21)9-13-32-16;1-2/h2-3,6-7,15,21-22,29-30H,1,4-5,8-14H2;1-2H3/b6-2+,7-3-,27-17?;. The predicted octanol–water partition coefficient (Wildman–Crippen LogP) is 5.04. The van der Waals surface area contributed by atoms with E-state index < -0.39 is 0 Å². The van der Waals surface area contributed by atoms with Gasteiger partial charge < -0.3 is 24.6 Å². The molecule has 3 aliphatic heterocycles. The molecule has 190 valence electrons. The number of benzene rings is 1. The average Bonchev–Trinajstić information content (AvgIpc) is 3.46. The fraction of sp³-hybridized carbons (Fsp3) is 0.481. The number of likely N-dealkylation sites (tertiary alicyclic amines) is 1. The smallest absolute Gasteiger partial charge is 0.222 e. The zero-order valence-corrected chi connectivity index (χ0v) is 21.3. The second-order valence-corrected chi connectivity index (χ2v) is 8.79. The van der Waals surface area contributed by atoms with E-state index in [1.54, 1.807) is 0 Å². The van der Waals surface area contributed by atoms with Crippen LogP contribution in [0.5, 0.6) is 11.5 Å². The van der Waals surface area contributed by atoms with Crippen LogP contribution in [0.15, 0.2) is 41.9 Å². The number of phenolic OH excluding ortho intramolecular Hbond substituents is 2. The van der Waals surface area contributed by atoms with Gasteiger partial charge in [0, 0.05) is 50.7 Å². The van der Waals surface area contributed by atoms with Crippen molar-refractivity contribution >= 4 is 29.0 Å². The summed E-state index contributed by atoms with van der Waals surface area (Å²) in [5.74, 6) is 0.119. The third-order valence-corrected chi connectivity index (χ3v) is 6.45. The fourth-order valence-corrected chi connectivity index (χ4v) is 4.42. The molecule has 0 aromatic heterocycles. The van der Waals surface area contributed by atoms with E-state index >= 15 is 0 Å². The third-order valence-electron chi connectivity index (χ3n) is 6.03. The summed E-state index contributed by atoms with van der Waals surface area (Å²) in [5, 5.41) is 20.9. The van der Waals surface area contributed by atoms with Crippen molar-refractivity contribution in [2.45, 2.75) is 58.2 Å². The number of nitrogens with zero attached hydrogens (tertiary/aromatic N) is 2. The molecule has 0 spiro atoms. The van der Waals surface area contributed by atoms with Crippen LogP contribution in [0.4, 0.5) is 0 Å². The number of hydrogen-bond acceptors (Lipinski definition) is 6. The molecule has 2 fully saturated rings. The number of allylic oxidation sites excluding steroid dienone is 3. The molecule has 2 unspecified atom stereocenters. The Morgan fingerprint density at radius 3 is 2.80 bits per heavy atom. The summed E-state index contributed by atoms with van der Waals surface area (Å²) in [4.78, 5) is 18.4. The molecule has 0 bridgehead atoms. The highest BCUT2D eigenvalue weighted by Crippen LogP contribution is 2.40. The minimum Gasteiger partial charge on any atom is -0.507 e. The van der Waals surface area contributed by atoms with Crippen LogP contribution < -0.4 is 0 Å². The maximum Gasteiger partial charge on any atom is 0.222 e. The summed E-state index contributed by atoms with van der Waals surface area (Å²) in [6.45, 7) is 10.4. The topological polar surface area (TPSA) is 94.9 Å². The van der Waals surface area contributed by atoms with Crippen LogP contribution in [0.25, 0.3) is 5.76 Å². The molecule has 2 saturated heterocycles. The largest absolute Gasteiger partial charge is 0.507 e. The molecular weight excluding hydrogens is 468 g/mol. The number of rotatable bonds is 4. The van der Waals surface area contributed by atoms with Crippen LogP contribution in [0.2, 0.25) is 5.02 Å². The Morgan fingerprint density at radius 2 is 2.06 bits per heavy atom. The van der Waals surface area contributed by atoms with Crippen molar-refractivity contribution in [1.82, 2.24) is 4.90 Å². The minimum atomic E-state index is -0.216. The number of aliphatic imine (C=N–C) groups is 1. The zero-order chi connectivity index (χ0) is 25.4. The van der Waals surface area contributed by atoms with E-state index in [1.807, 2.05) is 43.1 Å². The first-order valence-electron chi connectivity index (χ1n) is 12.3. The van der Waals surface area contributed by atoms with Crippen molar-refractivity contribution in [3.05, 3.63) is 53.1 Å².